The zero-order valence-electron chi connectivity index (χ0n) is 31.8. The van der Waals surface area contributed by atoms with Crippen LogP contribution in [0.25, 0.3) is 16.9 Å². The highest BCUT2D eigenvalue weighted by molar-refractivity contribution is 6.62. The molecule has 13 nitrogen and oxygen atoms in total. The standard InChI is InChI=1S/C23H16O7.C23H16O6/c1-7-3-11-15(13(24)4-7)22(29)23(30)17(20(11)27)14-8(2)5-12-16(21(14)28)19(26)10-6-9(10)18(12)25;1-8-3-12-18(15(24)4-8)16(25)7-14(21(12)27)17-9(2)5-13-19(23(17)29)22(28)11-6-10(11)20(13)26/h3-5,9-10,24,27-28H,6H2,1-2H3;3-5,7,10-11,24,29H,6H2,1-2H3/t9-,10+;10-,11+/m11/s1. The third-order valence-corrected chi connectivity index (χ3v) is 12.2. The lowest BCUT2D eigenvalue weighted by Gasteiger charge is -2.23. The molecule has 59 heavy (non-hydrogen) atoms. The van der Waals surface area contributed by atoms with E-state index in [0.29, 0.717) is 29.5 Å². The molecular weight excluding hydrogens is 760 g/mol. The van der Waals surface area contributed by atoms with Crippen molar-refractivity contribution in [1.29, 1.82) is 0 Å². The van der Waals surface area contributed by atoms with Crippen molar-refractivity contribution >= 4 is 63.2 Å². The monoisotopic (exact) mass is 792 g/mol. The van der Waals surface area contributed by atoms with E-state index in [1.54, 1.807) is 20.8 Å². The summed E-state index contributed by atoms with van der Waals surface area (Å²) in [4.78, 5) is 102. The molecule has 13 heteroatoms. The van der Waals surface area contributed by atoms with Crippen molar-refractivity contribution in [2.75, 3.05) is 0 Å². The van der Waals surface area contributed by atoms with Gasteiger partial charge in [-0.25, -0.2) is 0 Å². The van der Waals surface area contributed by atoms with Gasteiger partial charge in [-0.1, -0.05) is 0 Å². The van der Waals surface area contributed by atoms with E-state index in [0.717, 1.165) is 6.08 Å². The average Bonchev–Trinajstić information content (AvgIpc) is 4.10. The maximum absolute atomic E-state index is 13.2. The number of phenolic OH excluding ortho intramolecular Hbond substituents is 4. The number of fused-ring (bicyclic) bond motifs is 6. The number of aliphatic hydroxyl groups excluding tert-OH is 1. The van der Waals surface area contributed by atoms with E-state index in [4.69, 9.17) is 0 Å². The molecular formula is C46H32O13. The highest BCUT2D eigenvalue weighted by atomic mass is 16.3. The number of allylic oxidation sites excluding steroid dienone is 3. The molecule has 5 N–H and O–H groups in total. The fourth-order valence-corrected chi connectivity index (χ4v) is 9.16. The Bertz CT molecular complexity index is 2940. The van der Waals surface area contributed by atoms with E-state index >= 15 is 0 Å². The Balaban J connectivity index is 0.000000152. The Labute approximate surface area is 333 Å². The molecule has 0 unspecified atom stereocenters. The van der Waals surface area contributed by atoms with Crippen LogP contribution in [0.15, 0.2) is 42.5 Å². The van der Waals surface area contributed by atoms with Gasteiger partial charge in [0.15, 0.2) is 34.7 Å². The first-order valence-corrected chi connectivity index (χ1v) is 18.7. The average molecular weight is 793 g/mol. The molecule has 0 saturated heterocycles. The number of ketones is 8. The Morgan fingerprint density at radius 2 is 0.898 bits per heavy atom. The number of hydrogen-bond donors (Lipinski definition) is 5. The molecule has 0 heterocycles. The topological polar surface area (TPSA) is 238 Å². The van der Waals surface area contributed by atoms with Gasteiger partial charge in [0.25, 0.3) is 0 Å². The maximum atomic E-state index is 13.2. The van der Waals surface area contributed by atoms with Crippen LogP contribution in [-0.4, -0.2) is 71.8 Å². The number of hydrogen-bond acceptors (Lipinski definition) is 13. The maximum Gasteiger partial charge on any atom is 0.238 e. The van der Waals surface area contributed by atoms with Crippen molar-refractivity contribution in [3.63, 3.8) is 0 Å². The number of carbonyl (C=O) groups is 8. The van der Waals surface area contributed by atoms with Crippen LogP contribution in [0.2, 0.25) is 0 Å². The zero-order chi connectivity index (χ0) is 42.4. The molecule has 4 aromatic carbocycles. The third kappa shape index (κ3) is 5.16. The summed E-state index contributed by atoms with van der Waals surface area (Å²) in [5.74, 6) is -8.17. The quantitative estimate of drug-likeness (QED) is 0.144. The van der Waals surface area contributed by atoms with Crippen LogP contribution < -0.4 is 0 Å². The van der Waals surface area contributed by atoms with E-state index in [1.165, 1.54) is 43.3 Å². The highest BCUT2D eigenvalue weighted by Crippen LogP contribution is 2.53. The largest absolute Gasteiger partial charge is 0.507 e. The van der Waals surface area contributed by atoms with Crippen molar-refractivity contribution in [3.8, 4) is 23.0 Å². The molecule has 0 bridgehead atoms. The Morgan fingerprint density at radius 3 is 1.44 bits per heavy atom. The number of Topliss-reactive ketones (excluding diaryl/α,β-unsaturated/α-hetero) is 7. The van der Waals surface area contributed by atoms with E-state index in [1.807, 2.05) is 0 Å². The number of benzene rings is 4. The van der Waals surface area contributed by atoms with Crippen LogP contribution in [0.5, 0.6) is 23.0 Å². The van der Waals surface area contributed by atoms with Gasteiger partial charge in [0.05, 0.1) is 27.8 Å². The van der Waals surface area contributed by atoms with Crippen LogP contribution in [-0.2, 0) is 4.79 Å². The van der Waals surface area contributed by atoms with Gasteiger partial charge in [-0.05, 0) is 105 Å². The molecule has 0 aliphatic heterocycles. The molecule has 6 aliphatic rings. The van der Waals surface area contributed by atoms with Gasteiger partial charge in [-0.3, -0.25) is 38.4 Å². The van der Waals surface area contributed by atoms with Crippen molar-refractivity contribution in [2.24, 2.45) is 23.7 Å². The summed E-state index contributed by atoms with van der Waals surface area (Å²) >= 11 is 0. The van der Waals surface area contributed by atoms with Gasteiger partial charge >= 0.3 is 0 Å². The predicted octanol–water partition coefficient (Wildman–Crippen LogP) is 6.11. The summed E-state index contributed by atoms with van der Waals surface area (Å²) in [5, 5.41) is 53.0. The molecule has 10 rings (SSSR count). The number of phenols is 4. The van der Waals surface area contributed by atoms with Crippen LogP contribution in [0.3, 0.4) is 0 Å². The van der Waals surface area contributed by atoms with E-state index in [-0.39, 0.29) is 107 Å². The molecule has 4 atom stereocenters. The van der Waals surface area contributed by atoms with E-state index < -0.39 is 63.5 Å². The summed E-state index contributed by atoms with van der Waals surface area (Å²) < 4.78 is 0. The lowest BCUT2D eigenvalue weighted by molar-refractivity contribution is -0.110. The van der Waals surface area contributed by atoms with Gasteiger partial charge in [-0.15, -0.1) is 0 Å². The van der Waals surface area contributed by atoms with E-state index in [2.05, 4.69) is 0 Å². The number of aliphatic hydroxyl groups is 1. The second kappa shape index (κ2) is 12.4. The number of carbonyl (C=O) groups excluding carboxylic acids is 8. The number of rotatable bonds is 2. The van der Waals surface area contributed by atoms with Gasteiger partial charge in [0, 0.05) is 62.6 Å². The zero-order valence-corrected chi connectivity index (χ0v) is 31.8. The lowest BCUT2D eigenvalue weighted by Crippen LogP contribution is -2.25. The van der Waals surface area contributed by atoms with Crippen LogP contribution in [0, 0.1) is 51.4 Å². The molecule has 0 aromatic heterocycles. The smallest absolute Gasteiger partial charge is 0.238 e. The molecule has 0 radical (unpaired) electrons. The second-order valence-corrected chi connectivity index (χ2v) is 16.1. The molecule has 0 amide bonds. The van der Waals surface area contributed by atoms with Gasteiger partial charge in [0.2, 0.25) is 11.6 Å². The van der Waals surface area contributed by atoms with Gasteiger partial charge < -0.3 is 25.5 Å². The minimum absolute atomic E-state index is 0.0340. The first-order valence-electron chi connectivity index (χ1n) is 18.7. The SMILES string of the molecule is Cc1cc(O)c2c(c1)C(=O)C(c1c(C)cc3c(c1O)C(=O)[C@H]1C[C@H]1C3=O)=CC2=O.Cc1cc(O)c2c(c1)C(O)=C(c1c(C)cc3c(c1O)C(=O)[C@H]1C[C@H]1C3=O)C(=O)C2=O. The Kier molecular flexibility index (Phi) is 7.82. The minimum Gasteiger partial charge on any atom is -0.507 e. The summed E-state index contributed by atoms with van der Waals surface area (Å²) in [6.45, 7) is 6.47. The first-order chi connectivity index (χ1) is 27.8. The summed E-state index contributed by atoms with van der Waals surface area (Å²) in [6, 6.07) is 8.60. The minimum atomic E-state index is -1.11. The number of aryl methyl sites for hydroxylation is 4. The Hall–Kier alpha value is -7.28. The summed E-state index contributed by atoms with van der Waals surface area (Å²) in [6.07, 6.45) is 1.98. The van der Waals surface area contributed by atoms with Crippen molar-refractivity contribution < 1.29 is 63.9 Å². The lowest BCUT2D eigenvalue weighted by atomic mass is 9.79. The number of aromatic hydroxyl groups is 4. The van der Waals surface area contributed by atoms with Crippen molar-refractivity contribution in [1.82, 2.24) is 0 Å². The van der Waals surface area contributed by atoms with E-state index in [9.17, 15) is 63.9 Å². The molecule has 0 spiro atoms. The third-order valence-electron chi connectivity index (χ3n) is 12.2. The summed E-state index contributed by atoms with van der Waals surface area (Å²) in [7, 11) is 0. The van der Waals surface area contributed by atoms with Crippen LogP contribution >= 0.6 is 0 Å². The van der Waals surface area contributed by atoms with Gasteiger partial charge in [-0.2, -0.15) is 0 Å². The fourth-order valence-electron chi connectivity index (χ4n) is 9.16. The molecule has 294 valence electrons. The molecule has 2 fully saturated rings. The molecule has 6 aliphatic carbocycles. The normalized spacial score (nSPS) is 22.1. The van der Waals surface area contributed by atoms with Gasteiger partial charge in [0.1, 0.15) is 28.8 Å². The highest BCUT2D eigenvalue weighted by Gasteiger charge is 2.55. The second-order valence-electron chi connectivity index (χ2n) is 16.1. The summed E-state index contributed by atoms with van der Waals surface area (Å²) in [5.41, 5.74) is 0.942. The van der Waals surface area contributed by atoms with Crippen molar-refractivity contribution in [3.05, 3.63) is 120 Å². The fraction of sp³-hybridized carbons (Fsp3) is 0.217. The predicted molar refractivity (Wildman–Crippen MR) is 207 cm³/mol. The van der Waals surface area contributed by atoms with Crippen LogP contribution in [0.1, 0.15) is 124 Å². The van der Waals surface area contributed by atoms with Crippen LogP contribution in [0.4, 0.5) is 0 Å². The first kappa shape index (κ1) is 37.3. The Morgan fingerprint density at radius 1 is 0.441 bits per heavy atom. The molecule has 2 saturated carbocycles. The molecule has 4 aromatic rings. The van der Waals surface area contributed by atoms with Crippen molar-refractivity contribution in [2.45, 2.75) is 40.5 Å².